The molecule has 0 atom stereocenters. The van der Waals surface area contributed by atoms with Crippen LogP contribution in [0, 0.1) is 0 Å². The van der Waals surface area contributed by atoms with Gasteiger partial charge in [-0.3, -0.25) is 9.69 Å². The topological polar surface area (TPSA) is 32.8 Å². The van der Waals surface area contributed by atoms with E-state index in [4.69, 9.17) is 4.74 Å². The van der Waals surface area contributed by atoms with E-state index < -0.39 is 0 Å². The van der Waals surface area contributed by atoms with Crippen molar-refractivity contribution in [3.8, 4) is 5.75 Å². The second-order valence-electron chi connectivity index (χ2n) is 11.3. The summed E-state index contributed by atoms with van der Waals surface area (Å²) in [4.78, 5) is 17.2. The molecular formula is C31H46N2O2. The van der Waals surface area contributed by atoms with Gasteiger partial charge in [0.2, 0.25) is 5.91 Å². The smallest absolute Gasteiger partial charge is 0.222 e. The molecule has 0 radical (unpaired) electrons. The van der Waals surface area contributed by atoms with E-state index in [1.165, 1.54) is 16.7 Å². The molecule has 192 valence electrons. The Labute approximate surface area is 213 Å². The van der Waals surface area contributed by atoms with Crippen LogP contribution in [0.3, 0.4) is 0 Å². The van der Waals surface area contributed by atoms with Crippen molar-refractivity contribution in [1.29, 1.82) is 0 Å². The van der Waals surface area contributed by atoms with Crippen LogP contribution in [0.15, 0.2) is 48.5 Å². The average Bonchev–Trinajstić information content (AvgIpc) is 2.87. The van der Waals surface area contributed by atoms with Crippen molar-refractivity contribution in [2.45, 2.75) is 84.6 Å². The molecule has 0 unspecified atom stereocenters. The number of rotatable bonds is 11. The minimum absolute atomic E-state index is 0.0460. The van der Waals surface area contributed by atoms with Crippen molar-refractivity contribution in [3.05, 3.63) is 65.2 Å². The summed E-state index contributed by atoms with van der Waals surface area (Å²) in [6, 6.07) is 17.3. The van der Waals surface area contributed by atoms with E-state index in [0.717, 1.165) is 57.7 Å². The Bertz CT molecular complexity index is 944. The Balaban J connectivity index is 1.49. The lowest BCUT2D eigenvalue weighted by Gasteiger charge is -2.35. The third kappa shape index (κ3) is 7.33. The van der Waals surface area contributed by atoms with Crippen LogP contribution in [-0.4, -0.2) is 48.5 Å². The van der Waals surface area contributed by atoms with Crippen molar-refractivity contribution in [1.82, 2.24) is 9.80 Å². The molecule has 4 heteroatoms. The van der Waals surface area contributed by atoms with E-state index in [9.17, 15) is 4.79 Å². The molecule has 1 aliphatic heterocycles. The van der Waals surface area contributed by atoms with Gasteiger partial charge in [-0.25, -0.2) is 0 Å². The highest BCUT2D eigenvalue weighted by molar-refractivity contribution is 5.76. The van der Waals surface area contributed by atoms with Gasteiger partial charge in [0.1, 0.15) is 5.75 Å². The van der Waals surface area contributed by atoms with Crippen molar-refractivity contribution >= 4 is 5.91 Å². The molecule has 1 fully saturated rings. The first-order valence-electron chi connectivity index (χ1n) is 13.5. The van der Waals surface area contributed by atoms with Crippen LogP contribution >= 0.6 is 0 Å². The first-order valence-corrected chi connectivity index (χ1v) is 13.5. The van der Waals surface area contributed by atoms with Crippen LogP contribution in [0.5, 0.6) is 5.75 Å². The molecule has 2 aromatic carbocycles. The molecule has 0 bridgehead atoms. The van der Waals surface area contributed by atoms with Gasteiger partial charge >= 0.3 is 0 Å². The normalized spacial score (nSPS) is 15.3. The zero-order chi connectivity index (χ0) is 25.5. The Morgan fingerprint density at radius 2 is 1.54 bits per heavy atom. The van der Waals surface area contributed by atoms with E-state index in [1.807, 2.05) is 4.90 Å². The summed E-state index contributed by atoms with van der Waals surface area (Å²) in [5.41, 5.74) is 4.17. The molecule has 1 aliphatic rings. The van der Waals surface area contributed by atoms with E-state index in [0.29, 0.717) is 13.0 Å². The molecule has 35 heavy (non-hydrogen) atoms. The molecule has 1 amide bonds. The van der Waals surface area contributed by atoms with Gasteiger partial charge in [-0.15, -0.1) is 0 Å². The summed E-state index contributed by atoms with van der Waals surface area (Å²) in [6.45, 7) is 18.7. The SMILES string of the molecule is CCC(C)(C)c1ccc(OCCCC(=O)N2CCN(Cc3ccccc3)CC2)c(C(C)(C)CC)c1. The molecule has 1 heterocycles. The first kappa shape index (κ1) is 27.3. The number of carbonyl (C=O) groups is 1. The summed E-state index contributed by atoms with van der Waals surface area (Å²) in [5.74, 6) is 1.22. The van der Waals surface area contributed by atoms with Crippen LogP contribution in [0.2, 0.25) is 0 Å². The van der Waals surface area contributed by atoms with Gasteiger partial charge in [-0.05, 0) is 47.3 Å². The van der Waals surface area contributed by atoms with Crippen molar-refractivity contribution in [2.75, 3.05) is 32.8 Å². The monoisotopic (exact) mass is 478 g/mol. The van der Waals surface area contributed by atoms with E-state index in [2.05, 4.69) is 95.0 Å². The maximum absolute atomic E-state index is 12.8. The molecule has 0 aliphatic carbocycles. The van der Waals surface area contributed by atoms with Gasteiger partial charge in [-0.2, -0.15) is 0 Å². The zero-order valence-electron chi connectivity index (χ0n) is 22.9. The van der Waals surface area contributed by atoms with Crippen molar-refractivity contribution in [3.63, 3.8) is 0 Å². The maximum atomic E-state index is 12.8. The van der Waals surface area contributed by atoms with Crippen LogP contribution in [0.4, 0.5) is 0 Å². The quantitative estimate of drug-likeness (QED) is 0.343. The van der Waals surface area contributed by atoms with Crippen LogP contribution < -0.4 is 4.74 Å². The molecule has 0 aromatic heterocycles. The van der Waals surface area contributed by atoms with Gasteiger partial charge in [-0.1, -0.05) is 84.0 Å². The highest BCUT2D eigenvalue weighted by Gasteiger charge is 2.27. The molecule has 4 nitrogen and oxygen atoms in total. The number of amides is 1. The average molecular weight is 479 g/mol. The number of benzene rings is 2. The Morgan fingerprint density at radius 1 is 0.886 bits per heavy atom. The minimum atomic E-state index is 0.0460. The Morgan fingerprint density at radius 3 is 2.17 bits per heavy atom. The number of hydrogen-bond acceptors (Lipinski definition) is 3. The van der Waals surface area contributed by atoms with E-state index in [-0.39, 0.29) is 16.7 Å². The van der Waals surface area contributed by atoms with Gasteiger partial charge in [0, 0.05) is 44.7 Å². The van der Waals surface area contributed by atoms with Crippen LogP contribution in [0.1, 0.15) is 83.9 Å². The van der Waals surface area contributed by atoms with Crippen molar-refractivity contribution in [2.24, 2.45) is 0 Å². The van der Waals surface area contributed by atoms with Crippen molar-refractivity contribution < 1.29 is 9.53 Å². The molecule has 0 N–H and O–H groups in total. The number of ether oxygens (including phenoxy) is 1. The fraction of sp³-hybridized carbons (Fsp3) is 0.581. The maximum Gasteiger partial charge on any atom is 0.222 e. The molecule has 0 saturated carbocycles. The second kappa shape index (κ2) is 12.1. The fourth-order valence-corrected chi connectivity index (χ4v) is 4.56. The summed E-state index contributed by atoms with van der Waals surface area (Å²) in [5, 5.41) is 0. The largest absolute Gasteiger partial charge is 0.493 e. The predicted molar refractivity (Wildman–Crippen MR) is 146 cm³/mol. The summed E-state index contributed by atoms with van der Waals surface area (Å²) in [6.07, 6.45) is 3.44. The van der Waals surface area contributed by atoms with Gasteiger partial charge in [0.05, 0.1) is 6.61 Å². The van der Waals surface area contributed by atoms with Crippen LogP contribution in [-0.2, 0) is 22.2 Å². The lowest BCUT2D eigenvalue weighted by molar-refractivity contribution is -0.133. The molecule has 3 rings (SSSR count). The number of hydrogen-bond donors (Lipinski definition) is 0. The van der Waals surface area contributed by atoms with E-state index in [1.54, 1.807) is 0 Å². The number of nitrogens with zero attached hydrogens (tertiary/aromatic N) is 2. The summed E-state index contributed by atoms with van der Waals surface area (Å²) in [7, 11) is 0. The lowest BCUT2D eigenvalue weighted by Crippen LogP contribution is -2.48. The highest BCUT2D eigenvalue weighted by atomic mass is 16.5. The summed E-state index contributed by atoms with van der Waals surface area (Å²) >= 11 is 0. The first-order chi connectivity index (χ1) is 16.7. The lowest BCUT2D eigenvalue weighted by atomic mass is 9.76. The fourth-order valence-electron chi connectivity index (χ4n) is 4.56. The number of piperazine rings is 1. The Kier molecular flexibility index (Phi) is 9.40. The molecule has 0 spiro atoms. The highest BCUT2D eigenvalue weighted by Crippen LogP contribution is 2.38. The molecule has 1 saturated heterocycles. The van der Waals surface area contributed by atoms with Gasteiger partial charge in [0.15, 0.2) is 0 Å². The second-order valence-corrected chi connectivity index (χ2v) is 11.3. The van der Waals surface area contributed by atoms with Crippen LogP contribution in [0.25, 0.3) is 0 Å². The molecular weight excluding hydrogens is 432 g/mol. The number of carbonyl (C=O) groups excluding carboxylic acids is 1. The third-order valence-electron chi connectivity index (χ3n) is 8.02. The standard InChI is InChI=1S/C31H46N2O2/c1-7-30(3,4)26-16-17-28(27(23-26)31(5,6)8-2)35-22-12-15-29(34)33-20-18-32(19-21-33)24-25-13-10-9-11-14-25/h9-11,13-14,16-17,23H,7-8,12,15,18-22,24H2,1-6H3. The van der Waals surface area contributed by atoms with E-state index >= 15 is 0 Å². The summed E-state index contributed by atoms with van der Waals surface area (Å²) < 4.78 is 6.27. The van der Waals surface area contributed by atoms with Gasteiger partial charge < -0.3 is 9.64 Å². The zero-order valence-corrected chi connectivity index (χ0v) is 22.9. The predicted octanol–water partition coefficient (Wildman–Crippen LogP) is 6.57. The third-order valence-corrected chi connectivity index (χ3v) is 8.02. The Hall–Kier alpha value is -2.33. The minimum Gasteiger partial charge on any atom is -0.493 e. The van der Waals surface area contributed by atoms with Gasteiger partial charge in [0.25, 0.3) is 0 Å². The molecule has 2 aromatic rings.